The molecule has 8 nitrogen and oxygen atoms in total. The Morgan fingerprint density at radius 1 is 1.38 bits per heavy atom. The van der Waals surface area contributed by atoms with Gasteiger partial charge in [0.25, 0.3) is 17.5 Å². The lowest BCUT2D eigenvalue weighted by Crippen LogP contribution is -2.41. The summed E-state index contributed by atoms with van der Waals surface area (Å²) in [7, 11) is 0. The van der Waals surface area contributed by atoms with E-state index in [4.69, 9.17) is 0 Å². The number of nitrogens with one attached hydrogen (secondary N) is 1. The van der Waals surface area contributed by atoms with Gasteiger partial charge in [0.1, 0.15) is 5.56 Å². The molecule has 0 saturated carbocycles. The van der Waals surface area contributed by atoms with E-state index in [2.05, 4.69) is 5.32 Å². The highest BCUT2D eigenvalue weighted by molar-refractivity contribution is 6.23. The first-order valence-corrected chi connectivity index (χ1v) is 6.49. The normalized spacial score (nSPS) is 15.2. The van der Waals surface area contributed by atoms with Crippen LogP contribution in [0.25, 0.3) is 0 Å². The number of hydrogen-bond acceptors (Lipinski definition) is 6. The van der Waals surface area contributed by atoms with Crippen molar-refractivity contribution in [1.82, 2.24) is 10.2 Å². The van der Waals surface area contributed by atoms with Gasteiger partial charge in [-0.3, -0.25) is 24.6 Å². The first kappa shape index (κ1) is 15.1. The maximum Gasteiger partial charge on any atom is 0.282 e. The minimum Gasteiger partial charge on any atom is -0.390 e. The first-order valence-electron chi connectivity index (χ1n) is 6.49. The number of hydrogen-bond donors (Lipinski definition) is 2. The summed E-state index contributed by atoms with van der Waals surface area (Å²) in [5.74, 6) is -1.35. The van der Waals surface area contributed by atoms with Crippen molar-refractivity contribution in [2.45, 2.75) is 13.0 Å². The number of likely N-dealkylation sites (N-methyl/N-ethyl adjacent to an activating group) is 1. The average Bonchev–Trinajstić information content (AvgIpc) is 2.70. The van der Waals surface area contributed by atoms with Crippen LogP contribution in [-0.4, -0.2) is 52.5 Å². The Hall–Kier alpha value is -2.32. The van der Waals surface area contributed by atoms with Gasteiger partial charge in [0.05, 0.1) is 23.1 Å². The van der Waals surface area contributed by atoms with E-state index >= 15 is 0 Å². The molecular formula is C13H15N3O5. The zero-order valence-corrected chi connectivity index (χ0v) is 11.4. The molecule has 1 aliphatic rings. The number of aliphatic hydroxyl groups is 1. The third-order valence-corrected chi connectivity index (χ3v) is 3.20. The topological polar surface area (TPSA) is 113 Å². The molecule has 112 valence electrons. The Morgan fingerprint density at radius 2 is 2.10 bits per heavy atom. The van der Waals surface area contributed by atoms with Crippen LogP contribution in [0.2, 0.25) is 0 Å². The van der Waals surface area contributed by atoms with Crippen molar-refractivity contribution in [3.63, 3.8) is 0 Å². The second-order valence-corrected chi connectivity index (χ2v) is 4.64. The van der Waals surface area contributed by atoms with Crippen LogP contribution in [0.15, 0.2) is 18.2 Å². The number of benzene rings is 1. The third-order valence-electron chi connectivity index (χ3n) is 3.20. The van der Waals surface area contributed by atoms with Crippen LogP contribution in [0.3, 0.4) is 0 Å². The highest BCUT2D eigenvalue weighted by Gasteiger charge is 2.41. The molecule has 1 aliphatic heterocycles. The average molecular weight is 293 g/mol. The Bertz CT molecular complexity index is 601. The van der Waals surface area contributed by atoms with Crippen molar-refractivity contribution in [1.29, 1.82) is 0 Å². The predicted octanol–water partition coefficient (Wildman–Crippen LogP) is 0.161. The molecule has 1 heterocycles. The lowest BCUT2D eigenvalue weighted by molar-refractivity contribution is -0.385. The summed E-state index contributed by atoms with van der Waals surface area (Å²) < 4.78 is 0. The predicted molar refractivity (Wildman–Crippen MR) is 73.0 cm³/mol. The number of amides is 2. The highest BCUT2D eigenvalue weighted by Crippen LogP contribution is 2.30. The molecule has 0 saturated heterocycles. The van der Waals surface area contributed by atoms with Crippen LogP contribution < -0.4 is 5.32 Å². The molecule has 2 amide bonds. The minimum absolute atomic E-state index is 0.00449. The standard InChI is InChI=1S/C13H15N3O5/c1-2-14-6-8(17)7-15-12(18)9-4-3-5-10(16(20)21)11(9)13(15)19/h3-5,8,14,17H,2,6-7H2,1H3. The van der Waals surface area contributed by atoms with E-state index < -0.39 is 28.5 Å². The van der Waals surface area contributed by atoms with Crippen molar-refractivity contribution in [2.24, 2.45) is 0 Å². The number of fused-ring (bicyclic) bond motifs is 1. The van der Waals surface area contributed by atoms with Crippen LogP contribution in [0.5, 0.6) is 0 Å². The molecule has 0 radical (unpaired) electrons. The summed E-state index contributed by atoms with van der Waals surface area (Å²) in [6.07, 6.45) is -0.925. The Labute approximate surface area is 120 Å². The fourth-order valence-corrected chi connectivity index (χ4v) is 2.22. The first-order chi connectivity index (χ1) is 9.97. The van der Waals surface area contributed by atoms with Crippen LogP contribution in [0, 0.1) is 10.1 Å². The second-order valence-electron chi connectivity index (χ2n) is 4.64. The summed E-state index contributed by atoms with van der Waals surface area (Å²) in [6.45, 7) is 2.53. The number of nitrogens with zero attached hydrogens (tertiary/aromatic N) is 2. The Morgan fingerprint density at radius 3 is 2.71 bits per heavy atom. The van der Waals surface area contributed by atoms with Gasteiger partial charge in [-0.2, -0.15) is 0 Å². The van der Waals surface area contributed by atoms with Gasteiger partial charge < -0.3 is 10.4 Å². The van der Waals surface area contributed by atoms with Gasteiger partial charge in [-0.05, 0) is 12.6 Å². The molecule has 1 aromatic carbocycles. The van der Waals surface area contributed by atoms with E-state index in [-0.39, 0.29) is 24.2 Å². The largest absolute Gasteiger partial charge is 0.390 e. The number of β-amino-alcohol motifs (C(OH)–C–C–N with tert-alkyl or cyclic N) is 1. The lowest BCUT2D eigenvalue weighted by Gasteiger charge is -2.18. The van der Waals surface area contributed by atoms with Crippen molar-refractivity contribution in [3.8, 4) is 0 Å². The zero-order chi connectivity index (χ0) is 15.6. The van der Waals surface area contributed by atoms with Crippen molar-refractivity contribution in [3.05, 3.63) is 39.4 Å². The van der Waals surface area contributed by atoms with E-state index in [0.717, 1.165) is 4.90 Å². The maximum absolute atomic E-state index is 12.2. The molecule has 8 heteroatoms. The maximum atomic E-state index is 12.2. The highest BCUT2D eigenvalue weighted by atomic mass is 16.6. The fourth-order valence-electron chi connectivity index (χ4n) is 2.22. The number of carbonyl (C=O) groups is 2. The molecule has 2 N–H and O–H groups in total. The van der Waals surface area contributed by atoms with Crippen molar-refractivity contribution in [2.75, 3.05) is 19.6 Å². The van der Waals surface area contributed by atoms with Crippen molar-refractivity contribution < 1.29 is 19.6 Å². The van der Waals surface area contributed by atoms with E-state index in [1.54, 1.807) is 0 Å². The van der Waals surface area contributed by atoms with Gasteiger partial charge in [0.15, 0.2) is 0 Å². The Kier molecular flexibility index (Phi) is 4.29. The number of imide groups is 1. The van der Waals surface area contributed by atoms with Crippen molar-refractivity contribution >= 4 is 17.5 Å². The molecule has 0 aromatic heterocycles. The van der Waals surface area contributed by atoms with E-state index in [0.29, 0.717) is 6.54 Å². The van der Waals surface area contributed by atoms with Crippen LogP contribution in [0.1, 0.15) is 27.6 Å². The smallest absolute Gasteiger partial charge is 0.282 e. The number of aliphatic hydroxyl groups excluding tert-OH is 1. The van der Waals surface area contributed by atoms with Gasteiger partial charge in [0.2, 0.25) is 0 Å². The zero-order valence-electron chi connectivity index (χ0n) is 11.4. The number of nitro benzene ring substituents is 1. The Balaban J connectivity index is 2.26. The van der Waals surface area contributed by atoms with Gasteiger partial charge in [0, 0.05) is 12.6 Å². The van der Waals surface area contributed by atoms with Crippen LogP contribution in [0.4, 0.5) is 5.69 Å². The molecule has 0 bridgehead atoms. The number of nitro groups is 1. The van der Waals surface area contributed by atoms with Gasteiger partial charge in [-0.25, -0.2) is 0 Å². The van der Waals surface area contributed by atoms with Gasteiger partial charge >= 0.3 is 0 Å². The quantitative estimate of drug-likeness (QED) is 0.439. The molecular weight excluding hydrogens is 278 g/mol. The van der Waals surface area contributed by atoms with Crippen LogP contribution >= 0.6 is 0 Å². The van der Waals surface area contributed by atoms with Gasteiger partial charge in [-0.15, -0.1) is 0 Å². The van der Waals surface area contributed by atoms with Gasteiger partial charge in [-0.1, -0.05) is 13.0 Å². The molecule has 0 fully saturated rings. The van der Waals surface area contributed by atoms with E-state index in [1.807, 2.05) is 6.92 Å². The molecule has 21 heavy (non-hydrogen) atoms. The third kappa shape index (κ3) is 2.76. The molecule has 1 atom stereocenters. The monoisotopic (exact) mass is 293 g/mol. The SMILES string of the molecule is CCNCC(O)CN1C(=O)c2cccc([N+](=O)[O-])c2C1=O. The molecule has 1 unspecified atom stereocenters. The lowest BCUT2D eigenvalue weighted by atomic mass is 10.1. The molecule has 0 spiro atoms. The summed E-state index contributed by atoms with van der Waals surface area (Å²) >= 11 is 0. The molecule has 0 aliphatic carbocycles. The second kappa shape index (κ2) is 5.98. The summed E-state index contributed by atoms with van der Waals surface area (Å²) in [4.78, 5) is 35.5. The summed E-state index contributed by atoms with van der Waals surface area (Å²) in [5, 5.41) is 23.6. The summed E-state index contributed by atoms with van der Waals surface area (Å²) in [5.41, 5.74) is -0.595. The summed E-state index contributed by atoms with van der Waals surface area (Å²) in [6, 6.07) is 3.92. The molecule has 1 aromatic rings. The van der Waals surface area contributed by atoms with Crippen LogP contribution in [-0.2, 0) is 0 Å². The molecule has 2 rings (SSSR count). The van der Waals surface area contributed by atoms with E-state index in [1.165, 1.54) is 18.2 Å². The number of carbonyl (C=O) groups excluding carboxylic acids is 2. The minimum atomic E-state index is -0.925. The fraction of sp³-hybridized carbons (Fsp3) is 0.385. The number of rotatable bonds is 6. The van der Waals surface area contributed by atoms with E-state index in [9.17, 15) is 24.8 Å².